The predicted molar refractivity (Wildman–Crippen MR) is 96.8 cm³/mol. The number of rotatable bonds is 4. The first-order chi connectivity index (χ1) is 11.7. The molecule has 2 heterocycles. The van der Waals surface area contributed by atoms with Gasteiger partial charge >= 0.3 is 7.12 Å². The maximum Gasteiger partial charge on any atom is 0.494 e. The molecule has 0 atom stereocenters. The van der Waals surface area contributed by atoms with E-state index >= 15 is 0 Å². The Labute approximate surface area is 149 Å². The Balaban J connectivity index is 1.60. The van der Waals surface area contributed by atoms with Crippen LogP contribution >= 0.6 is 0 Å². The Bertz CT molecular complexity index is 571. The first kappa shape index (κ1) is 18.6. The van der Waals surface area contributed by atoms with Gasteiger partial charge in [0.2, 0.25) is 0 Å². The predicted octanol–water partition coefficient (Wildman–Crippen LogP) is 2.37. The molecular formula is C18H27BF2N2O2. The summed E-state index contributed by atoms with van der Waals surface area (Å²) in [6.07, 6.45) is -2.26. The topological polar surface area (TPSA) is 24.9 Å². The summed E-state index contributed by atoms with van der Waals surface area (Å²) in [6, 6.07) is 8.18. The highest BCUT2D eigenvalue weighted by Gasteiger charge is 2.51. The molecule has 0 bridgehead atoms. The molecule has 4 nitrogen and oxygen atoms in total. The van der Waals surface area contributed by atoms with Crippen LogP contribution in [0.15, 0.2) is 24.3 Å². The normalized spacial score (nSPS) is 23.5. The first-order valence-electron chi connectivity index (χ1n) is 8.89. The lowest BCUT2D eigenvalue weighted by atomic mass is 9.79. The van der Waals surface area contributed by atoms with Crippen molar-refractivity contribution in [3.8, 4) is 0 Å². The number of benzene rings is 1. The lowest BCUT2D eigenvalue weighted by Gasteiger charge is -2.36. The Morgan fingerprint density at radius 1 is 0.960 bits per heavy atom. The van der Waals surface area contributed by atoms with Crippen LogP contribution in [-0.4, -0.2) is 62.4 Å². The van der Waals surface area contributed by atoms with E-state index in [0.29, 0.717) is 13.1 Å². The van der Waals surface area contributed by atoms with Crippen molar-refractivity contribution in [2.24, 2.45) is 0 Å². The zero-order valence-electron chi connectivity index (χ0n) is 15.5. The highest BCUT2D eigenvalue weighted by Crippen LogP contribution is 2.36. The van der Waals surface area contributed by atoms with Gasteiger partial charge < -0.3 is 14.2 Å². The molecular weight excluding hydrogens is 325 g/mol. The fraction of sp³-hybridized carbons (Fsp3) is 0.667. The van der Waals surface area contributed by atoms with Crippen LogP contribution in [-0.2, 0) is 9.31 Å². The summed E-state index contributed by atoms with van der Waals surface area (Å²) in [4.78, 5) is 4.05. The SMILES string of the molecule is CC1(C)OB(c2ccc(N3CCN(CC(F)F)CC3)cc2)OC1(C)C. The average molecular weight is 352 g/mol. The summed E-state index contributed by atoms with van der Waals surface area (Å²) in [5.41, 5.74) is 1.41. The molecule has 0 unspecified atom stereocenters. The summed E-state index contributed by atoms with van der Waals surface area (Å²) in [7, 11) is -0.359. The van der Waals surface area contributed by atoms with Crippen LogP contribution in [0.1, 0.15) is 27.7 Å². The standard InChI is InChI=1S/C18H27BF2N2O2/c1-17(2)18(3,4)25-19(24-17)14-5-7-15(8-6-14)23-11-9-22(10-12-23)13-16(20)21/h5-8,16H,9-13H2,1-4H3. The first-order valence-corrected chi connectivity index (χ1v) is 8.89. The molecule has 0 spiro atoms. The lowest BCUT2D eigenvalue weighted by molar-refractivity contribution is 0.00578. The summed E-state index contributed by atoms with van der Waals surface area (Å²) in [5, 5.41) is 0. The maximum absolute atomic E-state index is 12.5. The fourth-order valence-electron chi connectivity index (χ4n) is 3.21. The maximum atomic E-state index is 12.5. The second-order valence-electron chi connectivity index (χ2n) is 7.86. The molecule has 0 N–H and O–H groups in total. The summed E-state index contributed by atoms with van der Waals surface area (Å²) >= 11 is 0. The third kappa shape index (κ3) is 3.99. The van der Waals surface area contributed by atoms with Crippen LogP contribution in [0.4, 0.5) is 14.5 Å². The molecule has 3 rings (SSSR count). The van der Waals surface area contributed by atoms with Gasteiger partial charge in [0.25, 0.3) is 6.43 Å². The zero-order valence-corrected chi connectivity index (χ0v) is 15.5. The molecule has 0 aromatic heterocycles. The van der Waals surface area contributed by atoms with E-state index < -0.39 is 6.43 Å². The number of hydrogen-bond donors (Lipinski definition) is 0. The summed E-state index contributed by atoms with van der Waals surface area (Å²) in [5.74, 6) is 0. The van der Waals surface area contributed by atoms with Gasteiger partial charge in [-0.3, -0.25) is 4.90 Å². The van der Waals surface area contributed by atoms with E-state index in [1.165, 1.54) is 0 Å². The Hall–Kier alpha value is -1.18. The van der Waals surface area contributed by atoms with Gasteiger partial charge in [-0.05, 0) is 45.3 Å². The van der Waals surface area contributed by atoms with Gasteiger partial charge in [0.15, 0.2) is 0 Å². The molecule has 0 radical (unpaired) electrons. The smallest absolute Gasteiger partial charge is 0.399 e. The van der Waals surface area contributed by atoms with E-state index in [-0.39, 0.29) is 24.9 Å². The van der Waals surface area contributed by atoms with E-state index in [4.69, 9.17) is 9.31 Å². The van der Waals surface area contributed by atoms with Crippen molar-refractivity contribution in [3.63, 3.8) is 0 Å². The third-order valence-electron chi connectivity index (χ3n) is 5.55. The highest BCUT2D eigenvalue weighted by molar-refractivity contribution is 6.62. The quantitative estimate of drug-likeness (QED) is 0.777. The van der Waals surface area contributed by atoms with Crippen molar-refractivity contribution in [3.05, 3.63) is 24.3 Å². The van der Waals surface area contributed by atoms with E-state index in [2.05, 4.69) is 17.0 Å². The Morgan fingerprint density at radius 3 is 1.96 bits per heavy atom. The van der Waals surface area contributed by atoms with Crippen LogP contribution in [0.25, 0.3) is 0 Å². The second kappa shape index (κ2) is 6.85. The minimum atomic E-state index is -2.26. The van der Waals surface area contributed by atoms with Gasteiger partial charge in [-0.1, -0.05) is 12.1 Å². The van der Waals surface area contributed by atoms with Crippen molar-refractivity contribution < 1.29 is 18.1 Å². The van der Waals surface area contributed by atoms with Gasteiger partial charge in [0.1, 0.15) is 0 Å². The van der Waals surface area contributed by atoms with Crippen LogP contribution in [0.5, 0.6) is 0 Å². The zero-order chi connectivity index (χ0) is 18.2. The molecule has 2 aliphatic heterocycles. The van der Waals surface area contributed by atoms with Gasteiger partial charge in [0.05, 0.1) is 17.7 Å². The molecule has 7 heteroatoms. The lowest BCUT2D eigenvalue weighted by Crippen LogP contribution is -2.47. The van der Waals surface area contributed by atoms with Crippen LogP contribution in [0, 0.1) is 0 Å². The average Bonchev–Trinajstić information content (AvgIpc) is 2.76. The van der Waals surface area contributed by atoms with Gasteiger partial charge in [-0.15, -0.1) is 0 Å². The fourth-order valence-corrected chi connectivity index (χ4v) is 3.21. The van der Waals surface area contributed by atoms with Gasteiger partial charge in [0, 0.05) is 31.9 Å². The molecule has 138 valence electrons. The van der Waals surface area contributed by atoms with Crippen LogP contribution < -0.4 is 10.4 Å². The van der Waals surface area contributed by atoms with Crippen LogP contribution in [0.3, 0.4) is 0 Å². The highest BCUT2D eigenvalue weighted by atomic mass is 19.3. The van der Waals surface area contributed by atoms with Crippen molar-refractivity contribution in [2.75, 3.05) is 37.6 Å². The Morgan fingerprint density at radius 2 is 1.48 bits per heavy atom. The number of halogens is 2. The number of nitrogens with zero attached hydrogens (tertiary/aromatic N) is 2. The summed E-state index contributed by atoms with van der Waals surface area (Å²) in [6.45, 7) is 10.9. The number of anilines is 1. The molecule has 0 saturated carbocycles. The Kier molecular flexibility index (Phi) is 5.10. The number of hydrogen-bond acceptors (Lipinski definition) is 4. The second-order valence-corrected chi connectivity index (χ2v) is 7.86. The van der Waals surface area contributed by atoms with E-state index in [1.807, 2.05) is 44.7 Å². The van der Waals surface area contributed by atoms with Crippen molar-refractivity contribution >= 4 is 18.3 Å². The largest absolute Gasteiger partial charge is 0.494 e. The van der Waals surface area contributed by atoms with E-state index in [1.54, 1.807) is 0 Å². The molecule has 1 aromatic rings. The molecule has 1 aromatic carbocycles. The number of alkyl halides is 2. The minimum Gasteiger partial charge on any atom is -0.399 e. The monoisotopic (exact) mass is 352 g/mol. The molecule has 25 heavy (non-hydrogen) atoms. The van der Waals surface area contributed by atoms with E-state index in [0.717, 1.165) is 24.2 Å². The molecule has 2 saturated heterocycles. The van der Waals surface area contributed by atoms with E-state index in [9.17, 15) is 8.78 Å². The molecule has 0 amide bonds. The van der Waals surface area contributed by atoms with Gasteiger partial charge in [-0.2, -0.15) is 0 Å². The third-order valence-corrected chi connectivity index (χ3v) is 5.55. The summed E-state index contributed by atoms with van der Waals surface area (Å²) < 4.78 is 37.1. The van der Waals surface area contributed by atoms with Crippen molar-refractivity contribution in [1.82, 2.24) is 4.90 Å². The molecule has 2 fully saturated rings. The van der Waals surface area contributed by atoms with Crippen LogP contribution in [0.2, 0.25) is 0 Å². The molecule has 2 aliphatic rings. The minimum absolute atomic E-state index is 0.130. The van der Waals surface area contributed by atoms with Crippen molar-refractivity contribution in [1.29, 1.82) is 0 Å². The number of piperazine rings is 1. The molecule has 0 aliphatic carbocycles. The van der Waals surface area contributed by atoms with Gasteiger partial charge in [-0.25, -0.2) is 8.78 Å². The van der Waals surface area contributed by atoms with Crippen molar-refractivity contribution in [2.45, 2.75) is 45.3 Å².